The molecule has 0 amide bonds. The molecule has 168 valence electrons. The van der Waals surface area contributed by atoms with Crippen LogP contribution in [0.15, 0.2) is 24.4 Å². The summed E-state index contributed by atoms with van der Waals surface area (Å²) < 4.78 is 33.8. The first kappa shape index (κ1) is 21.2. The number of nitrogens with zero attached hydrogens (tertiary/aromatic N) is 3. The highest BCUT2D eigenvalue weighted by atomic mass is 19.3. The van der Waals surface area contributed by atoms with E-state index < -0.39 is 11.3 Å². The molecule has 5 heteroatoms. The van der Waals surface area contributed by atoms with Crippen molar-refractivity contribution in [2.24, 2.45) is 46.8 Å². The Morgan fingerprint density at radius 2 is 1.97 bits per heavy atom. The molecule has 8 unspecified atom stereocenters. The van der Waals surface area contributed by atoms with E-state index in [2.05, 4.69) is 18.6 Å². The van der Waals surface area contributed by atoms with Gasteiger partial charge >= 0.3 is 0 Å². The largest absolute Gasteiger partial charge is 0.267 e. The Labute approximate surface area is 184 Å². The highest BCUT2D eigenvalue weighted by Gasteiger charge is 2.69. The van der Waals surface area contributed by atoms with Gasteiger partial charge < -0.3 is 0 Å². The van der Waals surface area contributed by atoms with Crippen molar-refractivity contribution >= 4 is 0 Å². The third-order valence-electron chi connectivity index (χ3n) is 9.94. The molecule has 0 bridgehead atoms. The number of fused-ring (bicyclic) bond motifs is 5. The minimum Gasteiger partial charge on any atom is -0.267 e. The van der Waals surface area contributed by atoms with Crippen molar-refractivity contribution in [3.63, 3.8) is 0 Å². The highest BCUT2D eigenvalue weighted by molar-refractivity contribution is 5.21. The van der Waals surface area contributed by atoms with Crippen molar-refractivity contribution in [3.05, 3.63) is 30.1 Å². The fraction of sp³-hybridized carbons (Fsp3) is 0.769. The Balaban J connectivity index is 1.39. The van der Waals surface area contributed by atoms with Crippen LogP contribution in [0.25, 0.3) is 0 Å². The van der Waals surface area contributed by atoms with Crippen LogP contribution >= 0.6 is 0 Å². The van der Waals surface area contributed by atoms with E-state index in [0.29, 0.717) is 30.0 Å². The van der Waals surface area contributed by atoms with Crippen LogP contribution in [0.2, 0.25) is 0 Å². The summed E-state index contributed by atoms with van der Waals surface area (Å²) in [5.74, 6) is -0.149. The average molecular weight is 428 g/mol. The molecule has 4 fully saturated rings. The maximum atomic E-state index is 16.1. The molecule has 0 saturated heterocycles. The van der Waals surface area contributed by atoms with Gasteiger partial charge in [-0.3, -0.25) is 4.68 Å². The lowest BCUT2D eigenvalue weighted by molar-refractivity contribution is -0.223. The first-order valence-electron chi connectivity index (χ1n) is 12.2. The second kappa shape index (κ2) is 7.42. The lowest BCUT2D eigenvalue weighted by atomic mass is 9.48. The normalized spacial score (nSPS) is 43.4. The molecule has 4 saturated carbocycles. The topological polar surface area (TPSA) is 41.6 Å². The summed E-state index contributed by atoms with van der Waals surface area (Å²) in [6.45, 7) is 8.89. The monoisotopic (exact) mass is 427 g/mol. The van der Waals surface area contributed by atoms with E-state index in [0.717, 1.165) is 37.2 Å². The smallest absolute Gasteiger partial charge is 0.254 e. The van der Waals surface area contributed by atoms with E-state index in [1.807, 2.05) is 13.0 Å². The number of alkyl halides is 2. The molecule has 4 aliphatic carbocycles. The zero-order valence-corrected chi connectivity index (χ0v) is 18.9. The van der Waals surface area contributed by atoms with E-state index in [9.17, 15) is 0 Å². The molecule has 1 aromatic rings. The lowest BCUT2D eigenvalue weighted by Gasteiger charge is -2.59. The zero-order valence-electron chi connectivity index (χ0n) is 18.9. The molecular formula is C26H35F2N3. The van der Waals surface area contributed by atoms with Crippen LogP contribution in [0.3, 0.4) is 0 Å². The van der Waals surface area contributed by atoms with Gasteiger partial charge in [-0.1, -0.05) is 32.4 Å². The summed E-state index contributed by atoms with van der Waals surface area (Å²) in [6, 6.07) is 3.69. The van der Waals surface area contributed by atoms with Gasteiger partial charge in [0.05, 0.1) is 6.54 Å². The predicted molar refractivity (Wildman–Crippen MR) is 116 cm³/mol. The van der Waals surface area contributed by atoms with Crippen LogP contribution in [0, 0.1) is 58.2 Å². The minimum absolute atomic E-state index is 0.0738. The Morgan fingerprint density at radius 1 is 1.19 bits per heavy atom. The molecule has 0 spiro atoms. The average Bonchev–Trinajstić information content (AvgIpc) is 3.32. The lowest BCUT2D eigenvalue weighted by Crippen LogP contribution is -2.58. The van der Waals surface area contributed by atoms with Gasteiger partial charge in [0.2, 0.25) is 0 Å². The molecule has 4 aliphatic rings. The van der Waals surface area contributed by atoms with Gasteiger partial charge in [-0.05, 0) is 86.0 Å². The predicted octanol–water partition coefficient (Wildman–Crippen LogP) is 6.46. The molecule has 5 rings (SSSR count). The number of halogens is 2. The number of hydrogen-bond acceptors (Lipinski definition) is 2. The number of hydrogen-bond donors (Lipinski definition) is 0. The summed E-state index contributed by atoms with van der Waals surface area (Å²) in [6.07, 6.45) is 9.51. The van der Waals surface area contributed by atoms with E-state index >= 15 is 8.78 Å². The number of nitriles is 1. The third-order valence-corrected chi connectivity index (χ3v) is 9.94. The van der Waals surface area contributed by atoms with Crippen molar-refractivity contribution < 1.29 is 8.78 Å². The molecule has 31 heavy (non-hydrogen) atoms. The number of allylic oxidation sites excluding steroid dienone is 1. The van der Waals surface area contributed by atoms with Gasteiger partial charge in [0, 0.05) is 18.0 Å². The van der Waals surface area contributed by atoms with Crippen LogP contribution in [-0.2, 0) is 6.54 Å². The molecule has 3 nitrogen and oxygen atoms in total. The molecule has 0 N–H and O–H groups in total. The van der Waals surface area contributed by atoms with Gasteiger partial charge in [0.1, 0.15) is 6.07 Å². The van der Waals surface area contributed by atoms with Crippen LogP contribution in [-0.4, -0.2) is 15.7 Å². The van der Waals surface area contributed by atoms with Crippen molar-refractivity contribution in [2.45, 2.75) is 77.7 Å². The van der Waals surface area contributed by atoms with Gasteiger partial charge in [-0.15, -0.1) is 0 Å². The maximum Gasteiger partial charge on any atom is 0.254 e. The zero-order chi connectivity index (χ0) is 22.0. The summed E-state index contributed by atoms with van der Waals surface area (Å²) in [7, 11) is 0. The SMILES string of the molecule is C=C(Cn1ccc(C#N)n1)C1CCC2C3CCC4CC(C)CCC4C3CC(F)(F)C12C. The first-order chi connectivity index (χ1) is 14.7. The molecule has 8 atom stereocenters. The van der Waals surface area contributed by atoms with Crippen molar-refractivity contribution in [1.82, 2.24) is 9.78 Å². The third kappa shape index (κ3) is 3.19. The Hall–Kier alpha value is -1.70. The van der Waals surface area contributed by atoms with Crippen LogP contribution in [0.4, 0.5) is 8.78 Å². The van der Waals surface area contributed by atoms with E-state index in [1.54, 1.807) is 16.9 Å². The Kier molecular flexibility index (Phi) is 5.07. The first-order valence-corrected chi connectivity index (χ1v) is 12.2. The van der Waals surface area contributed by atoms with E-state index in [4.69, 9.17) is 5.26 Å². The fourth-order valence-electron chi connectivity index (χ4n) is 8.52. The van der Waals surface area contributed by atoms with Crippen LogP contribution in [0.5, 0.6) is 0 Å². The summed E-state index contributed by atoms with van der Waals surface area (Å²) in [5.41, 5.74) is 0.189. The van der Waals surface area contributed by atoms with Gasteiger partial charge in [-0.25, -0.2) is 8.78 Å². The van der Waals surface area contributed by atoms with Crippen molar-refractivity contribution in [1.29, 1.82) is 5.26 Å². The quantitative estimate of drug-likeness (QED) is 0.519. The molecule has 1 aromatic heterocycles. The molecular weight excluding hydrogens is 392 g/mol. The molecule has 0 aliphatic heterocycles. The second-order valence-electron chi connectivity index (χ2n) is 11.3. The standard InChI is InChI=1S/C26H35F2N3/c1-16-4-6-20-18(12-16)5-7-21-22(20)13-26(27,28)25(3)23(8-9-24(21)25)17(2)15-31-11-10-19(14-29)30-31/h10-11,16,18,20-24H,2,4-9,12-13,15H2,1,3H3. The minimum atomic E-state index is -2.66. The van der Waals surface area contributed by atoms with E-state index in [-0.39, 0.29) is 24.2 Å². The van der Waals surface area contributed by atoms with Crippen LogP contribution < -0.4 is 0 Å². The second-order valence-corrected chi connectivity index (χ2v) is 11.3. The summed E-state index contributed by atoms with van der Waals surface area (Å²) in [5, 5.41) is 13.2. The van der Waals surface area contributed by atoms with Gasteiger partial charge in [-0.2, -0.15) is 10.4 Å². The fourth-order valence-corrected chi connectivity index (χ4v) is 8.52. The molecule has 1 heterocycles. The number of aromatic nitrogens is 2. The Bertz CT molecular complexity index is 899. The van der Waals surface area contributed by atoms with Gasteiger partial charge in [0.25, 0.3) is 5.92 Å². The van der Waals surface area contributed by atoms with Crippen molar-refractivity contribution in [3.8, 4) is 6.07 Å². The van der Waals surface area contributed by atoms with Crippen LogP contribution in [0.1, 0.15) is 70.9 Å². The van der Waals surface area contributed by atoms with Crippen molar-refractivity contribution in [2.75, 3.05) is 0 Å². The summed E-state index contributed by atoms with van der Waals surface area (Å²) >= 11 is 0. The van der Waals surface area contributed by atoms with E-state index in [1.165, 1.54) is 19.3 Å². The molecule has 0 aromatic carbocycles. The molecule has 0 radical (unpaired) electrons. The highest BCUT2D eigenvalue weighted by Crippen LogP contribution is 2.69. The Morgan fingerprint density at radius 3 is 2.71 bits per heavy atom. The summed E-state index contributed by atoms with van der Waals surface area (Å²) in [4.78, 5) is 0. The number of rotatable bonds is 3. The van der Waals surface area contributed by atoms with Gasteiger partial charge in [0.15, 0.2) is 5.69 Å². The maximum absolute atomic E-state index is 16.1.